The minimum atomic E-state index is 0.0942. The van der Waals surface area contributed by atoms with Gasteiger partial charge in [-0.2, -0.15) is 0 Å². The highest BCUT2D eigenvalue weighted by Gasteiger charge is 2.24. The van der Waals surface area contributed by atoms with Crippen molar-refractivity contribution in [2.24, 2.45) is 5.92 Å². The Balaban J connectivity index is 1.77. The standard InChI is InChI=1S/C15H20BrNO2/c1-19-13-7-5-11(6-8-13)9-15(18)17-10-12-3-2-4-14(12)16/h5-8,12,14H,2-4,9-10H2,1H3,(H,17,18). The molecule has 19 heavy (non-hydrogen) atoms. The first-order chi connectivity index (χ1) is 9.19. The zero-order valence-electron chi connectivity index (χ0n) is 11.2. The predicted octanol–water partition coefficient (Wildman–Crippen LogP) is 2.92. The molecule has 4 heteroatoms. The average molecular weight is 326 g/mol. The van der Waals surface area contributed by atoms with Gasteiger partial charge in [0, 0.05) is 11.4 Å². The predicted molar refractivity (Wildman–Crippen MR) is 79.8 cm³/mol. The van der Waals surface area contributed by atoms with Crippen LogP contribution in [0.2, 0.25) is 0 Å². The summed E-state index contributed by atoms with van der Waals surface area (Å²) >= 11 is 3.67. The van der Waals surface area contributed by atoms with Crippen molar-refractivity contribution in [3.63, 3.8) is 0 Å². The Hall–Kier alpha value is -1.03. The summed E-state index contributed by atoms with van der Waals surface area (Å²) in [5.41, 5.74) is 1.01. The lowest BCUT2D eigenvalue weighted by atomic mass is 10.1. The molecule has 1 aromatic rings. The van der Waals surface area contributed by atoms with Crippen LogP contribution in [0.3, 0.4) is 0 Å². The fourth-order valence-corrected chi connectivity index (χ4v) is 3.23. The van der Waals surface area contributed by atoms with E-state index in [9.17, 15) is 4.79 Å². The number of carbonyl (C=O) groups is 1. The van der Waals surface area contributed by atoms with E-state index in [0.29, 0.717) is 17.2 Å². The highest BCUT2D eigenvalue weighted by Crippen LogP contribution is 2.30. The van der Waals surface area contributed by atoms with Crippen LogP contribution in [-0.2, 0) is 11.2 Å². The van der Waals surface area contributed by atoms with E-state index in [4.69, 9.17) is 4.74 Å². The van der Waals surface area contributed by atoms with Crippen LogP contribution in [0.4, 0.5) is 0 Å². The Labute approximate surface area is 122 Å². The Morgan fingerprint density at radius 1 is 1.37 bits per heavy atom. The van der Waals surface area contributed by atoms with Crippen LogP contribution in [0.5, 0.6) is 5.75 Å². The number of hydrogen-bond acceptors (Lipinski definition) is 2. The number of amides is 1. The molecule has 1 amide bonds. The number of nitrogens with one attached hydrogen (secondary N) is 1. The second-order valence-corrected chi connectivity index (χ2v) is 6.21. The minimum Gasteiger partial charge on any atom is -0.497 e. The van der Waals surface area contributed by atoms with Gasteiger partial charge in [-0.3, -0.25) is 4.79 Å². The third kappa shape index (κ3) is 4.23. The molecule has 1 N–H and O–H groups in total. The zero-order valence-corrected chi connectivity index (χ0v) is 12.8. The van der Waals surface area contributed by atoms with E-state index in [0.717, 1.165) is 17.9 Å². The lowest BCUT2D eigenvalue weighted by molar-refractivity contribution is -0.120. The van der Waals surface area contributed by atoms with Gasteiger partial charge in [0.05, 0.1) is 13.5 Å². The topological polar surface area (TPSA) is 38.3 Å². The van der Waals surface area contributed by atoms with E-state index in [1.807, 2.05) is 24.3 Å². The maximum absolute atomic E-state index is 11.9. The van der Waals surface area contributed by atoms with Gasteiger partial charge < -0.3 is 10.1 Å². The molecule has 0 aliphatic heterocycles. The number of methoxy groups -OCH3 is 1. The van der Waals surface area contributed by atoms with E-state index in [1.54, 1.807) is 7.11 Å². The summed E-state index contributed by atoms with van der Waals surface area (Å²) in [6, 6.07) is 7.63. The molecule has 1 fully saturated rings. The van der Waals surface area contributed by atoms with Gasteiger partial charge in [0.15, 0.2) is 0 Å². The van der Waals surface area contributed by atoms with Gasteiger partial charge in [-0.15, -0.1) is 0 Å². The highest BCUT2D eigenvalue weighted by molar-refractivity contribution is 9.09. The number of hydrogen-bond donors (Lipinski definition) is 1. The maximum Gasteiger partial charge on any atom is 0.224 e. The van der Waals surface area contributed by atoms with Crippen molar-refractivity contribution < 1.29 is 9.53 Å². The lowest BCUT2D eigenvalue weighted by Gasteiger charge is -2.14. The molecular weight excluding hydrogens is 306 g/mol. The molecule has 1 aromatic carbocycles. The van der Waals surface area contributed by atoms with Crippen molar-refractivity contribution in [2.45, 2.75) is 30.5 Å². The van der Waals surface area contributed by atoms with Gasteiger partial charge in [0.25, 0.3) is 0 Å². The van der Waals surface area contributed by atoms with Gasteiger partial charge in [-0.05, 0) is 36.5 Å². The van der Waals surface area contributed by atoms with Crippen molar-refractivity contribution >= 4 is 21.8 Å². The third-order valence-corrected chi connectivity index (χ3v) is 4.86. The minimum absolute atomic E-state index is 0.0942. The number of rotatable bonds is 5. The Morgan fingerprint density at radius 2 is 2.11 bits per heavy atom. The smallest absolute Gasteiger partial charge is 0.224 e. The Bertz CT molecular complexity index is 419. The molecule has 1 aliphatic rings. The molecule has 2 rings (SSSR count). The first kappa shape index (κ1) is 14.4. The first-order valence-electron chi connectivity index (χ1n) is 6.72. The van der Waals surface area contributed by atoms with Crippen LogP contribution in [0.1, 0.15) is 24.8 Å². The largest absolute Gasteiger partial charge is 0.497 e. The molecule has 104 valence electrons. The summed E-state index contributed by atoms with van der Waals surface area (Å²) in [6.45, 7) is 0.783. The van der Waals surface area contributed by atoms with Gasteiger partial charge >= 0.3 is 0 Å². The number of benzene rings is 1. The summed E-state index contributed by atoms with van der Waals surface area (Å²) in [5, 5.41) is 3.03. The fraction of sp³-hybridized carbons (Fsp3) is 0.533. The summed E-state index contributed by atoms with van der Waals surface area (Å²) in [5.74, 6) is 1.49. The van der Waals surface area contributed by atoms with Crippen LogP contribution < -0.4 is 10.1 Å². The second kappa shape index (κ2) is 6.94. The molecule has 2 atom stereocenters. The summed E-state index contributed by atoms with van der Waals surface area (Å²) in [7, 11) is 1.64. The van der Waals surface area contributed by atoms with E-state index in [2.05, 4.69) is 21.2 Å². The maximum atomic E-state index is 11.9. The van der Waals surface area contributed by atoms with Crippen LogP contribution in [0, 0.1) is 5.92 Å². The zero-order chi connectivity index (χ0) is 13.7. The molecule has 0 aromatic heterocycles. The monoisotopic (exact) mass is 325 g/mol. The molecule has 3 nitrogen and oxygen atoms in total. The van der Waals surface area contributed by atoms with Crippen molar-refractivity contribution in [1.29, 1.82) is 0 Å². The summed E-state index contributed by atoms with van der Waals surface area (Å²) in [6.07, 6.45) is 4.12. The second-order valence-electron chi connectivity index (χ2n) is 5.04. The molecule has 1 aliphatic carbocycles. The number of halogens is 1. The van der Waals surface area contributed by atoms with E-state index in [-0.39, 0.29) is 5.91 Å². The SMILES string of the molecule is COc1ccc(CC(=O)NCC2CCCC2Br)cc1. The number of ether oxygens (including phenoxy) is 1. The van der Waals surface area contributed by atoms with Gasteiger partial charge in [-0.25, -0.2) is 0 Å². The van der Waals surface area contributed by atoms with Crippen molar-refractivity contribution in [2.75, 3.05) is 13.7 Å². The van der Waals surface area contributed by atoms with E-state index < -0.39 is 0 Å². The van der Waals surface area contributed by atoms with Crippen molar-refractivity contribution in [3.05, 3.63) is 29.8 Å². The lowest BCUT2D eigenvalue weighted by Crippen LogP contribution is -2.32. The van der Waals surface area contributed by atoms with Crippen LogP contribution in [0.25, 0.3) is 0 Å². The van der Waals surface area contributed by atoms with Crippen molar-refractivity contribution in [3.8, 4) is 5.75 Å². The van der Waals surface area contributed by atoms with Crippen molar-refractivity contribution in [1.82, 2.24) is 5.32 Å². The van der Waals surface area contributed by atoms with Crippen LogP contribution in [0.15, 0.2) is 24.3 Å². The molecule has 0 saturated heterocycles. The number of alkyl halides is 1. The van der Waals surface area contributed by atoms with E-state index >= 15 is 0 Å². The molecule has 0 radical (unpaired) electrons. The number of carbonyl (C=O) groups excluding carboxylic acids is 1. The molecular formula is C15H20BrNO2. The van der Waals surface area contributed by atoms with E-state index in [1.165, 1.54) is 19.3 Å². The molecule has 0 bridgehead atoms. The van der Waals surface area contributed by atoms with Gasteiger partial charge in [-0.1, -0.05) is 34.5 Å². The van der Waals surface area contributed by atoms with Crippen LogP contribution in [-0.4, -0.2) is 24.4 Å². The van der Waals surface area contributed by atoms with Crippen LogP contribution >= 0.6 is 15.9 Å². The third-order valence-electron chi connectivity index (χ3n) is 3.65. The first-order valence-corrected chi connectivity index (χ1v) is 7.64. The fourth-order valence-electron chi connectivity index (χ4n) is 2.46. The normalized spacial score (nSPS) is 22.2. The van der Waals surface area contributed by atoms with Gasteiger partial charge in [0.1, 0.15) is 5.75 Å². The Morgan fingerprint density at radius 3 is 2.68 bits per heavy atom. The molecule has 1 saturated carbocycles. The summed E-state index contributed by atoms with van der Waals surface area (Å²) < 4.78 is 5.10. The average Bonchev–Trinajstić information content (AvgIpc) is 2.83. The Kier molecular flexibility index (Phi) is 5.25. The molecule has 2 unspecified atom stereocenters. The quantitative estimate of drug-likeness (QED) is 0.845. The highest BCUT2D eigenvalue weighted by atomic mass is 79.9. The summed E-state index contributed by atoms with van der Waals surface area (Å²) in [4.78, 5) is 12.4. The molecule has 0 heterocycles. The molecule has 0 spiro atoms. The van der Waals surface area contributed by atoms with Gasteiger partial charge in [0.2, 0.25) is 5.91 Å².